The zero-order valence-corrected chi connectivity index (χ0v) is 8.97. The molecule has 0 bridgehead atoms. The Morgan fingerprint density at radius 2 is 2.06 bits per heavy atom. The maximum atomic E-state index is 11.8. The number of H-pyrrole nitrogens is 1. The highest BCUT2D eigenvalue weighted by Crippen LogP contribution is 2.12. The lowest BCUT2D eigenvalue weighted by Crippen LogP contribution is -2.12. The van der Waals surface area contributed by atoms with E-state index in [-0.39, 0.29) is 17.1 Å². The summed E-state index contributed by atoms with van der Waals surface area (Å²) in [6, 6.07) is 7.27. The molecule has 0 aliphatic carbocycles. The topological polar surface area (TPSA) is 84.7 Å². The maximum Gasteiger partial charge on any atom is 0.278 e. The molecule has 17 heavy (non-hydrogen) atoms. The van der Waals surface area contributed by atoms with E-state index in [1.54, 1.807) is 13.0 Å². The van der Waals surface area contributed by atoms with Crippen LogP contribution in [0.1, 0.15) is 5.89 Å². The molecule has 0 radical (unpaired) electrons. The van der Waals surface area contributed by atoms with Crippen LogP contribution in [0.15, 0.2) is 33.6 Å². The van der Waals surface area contributed by atoms with E-state index < -0.39 is 0 Å². The number of hydrogen-bond acceptors (Lipinski definition) is 5. The Labute approximate surface area is 95.3 Å². The Morgan fingerprint density at radius 3 is 2.82 bits per heavy atom. The van der Waals surface area contributed by atoms with Crippen LogP contribution in [-0.4, -0.2) is 20.1 Å². The van der Waals surface area contributed by atoms with Crippen molar-refractivity contribution in [3.05, 3.63) is 40.5 Å². The monoisotopic (exact) mass is 228 g/mol. The SMILES string of the molecule is Cc1nc(-c2nc3ccccc3[nH]c2=O)no1. The zero-order valence-electron chi connectivity index (χ0n) is 8.97. The molecule has 0 saturated carbocycles. The lowest BCUT2D eigenvalue weighted by atomic mass is 10.3. The predicted molar refractivity (Wildman–Crippen MR) is 60.4 cm³/mol. The van der Waals surface area contributed by atoms with Crippen LogP contribution in [0.2, 0.25) is 0 Å². The van der Waals surface area contributed by atoms with Gasteiger partial charge in [0.25, 0.3) is 5.56 Å². The Balaban J connectivity index is 2.30. The zero-order chi connectivity index (χ0) is 11.8. The lowest BCUT2D eigenvalue weighted by Gasteiger charge is -1.97. The Morgan fingerprint density at radius 1 is 1.24 bits per heavy atom. The van der Waals surface area contributed by atoms with Gasteiger partial charge in [-0.3, -0.25) is 4.79 Å². The van der Waals surface area contributed by atoms with E-state index in [9.17, 15) is 4.79 Å². The van der Waals surface area contributed by atoms with Gasteiger partial charge in [-0.15, -0.1) is 0 Å². The highest BCUT2D eigenvalue weighted by Gasteiger charge is 2.12. The molecule has 3 rings (SSSR count). The fourth-order valence-electron chi connectivity index (χ4n) is 1.58. The number of aromatic nitrogens is 4. The number of nitrogens with zero attached hydrogens (tertiary/aromatic N) is 3. The van der Waals surface area contributed by atoms with Crippen LogP contribution in [0.4, 0.5) is 0 Å². The molecule has 2 aromatic heterocycles. The number of fused-ring (bicyclic) bond motifs is 1. The van der Waals surface area contributed by atoms with Crippen molar-refractivity contribution >= 4 is 11.0 Å². The summed E-state index contributed by atoms with van der Waals surface area (Å²) in [5.41, 5.74) is 1.20. The first-order chi connectivity index (χ1) is 8.24. The molecule has 6 nitrogen and oxygen atoms in total. The third-order valence-corrected chi connectivity index (χ3v) is 2.34. The Hall–Kier alpha value is -2.50. The van der Waals surface area contributed by atoms with Crippen LogP contribution in [0.5, 0.6) is 0 Å². The highest BCUT2D eigenvalue weighted by atomic mass is 16.5. The van der Waals surface area contributed by atoms with Crippen LogP contribution in [-0.2, 0) is 0 Å². The van der Waals surface area contributed by atoms with E-state index in [1.165, 1.54) is 0 Å². The quantitative estimate of drug-likeness (QED) is 0.678. The lowest BCUT2D eigenvalue weighted by molar-refractivity contribution is 0.394. The van der Waals surface area contributed by atoms with Gasteiger partial charge in [-0.25, -0.2) is 4.98 Å². The van der Waals surface area contributed by atoms with Crippen molar-refractivity contribution < 1.29 is 4.52 Å². The molecular formula is C11H8N4O2. The second kappa shape index (κ2) is 3.51. The molecular weight excluding hydrogens is 220 g/mol. The first-order valence-corrected chi connectivity index (χ1v) is 5.04. The molecule has 1 N–H and O–H groups in total. The van der Waals surface area contributed by atoms with Crippen molar-refractivity contribution in [2.45, 2.75) is 6.92 Å². The average Bonchev–Trinajstić information content (AvgIpc) is 2.75. The van der Waals surface area contributed by atoms with Crippen LogP contribution >= 0.6 is 0 Å². The minimum atomic E-state index is -0.329. The Kier molecular flexibility index (Phi) is 2.01. The predicted octanol–water partition coefficient (Wildman–Crippen LogP) is 1.28. The van der Waals surface area contributed by atoms with Gasteiger partial charge < -0.3 is 9.51 Å². The summed E-state index contributed by atoms with van der Waals surface area (Å²) in [7, 11) is 0. The number of aryl methyl sites for hydroxylation is 1. The summed E-state index contributed by atoms with van der Waals surface area (Å²) >= 11 is 0. The van der Waals surface area contributed by atoms with Gasteiger partial charge in [0.05, 0.1) is 11.0 Å². The van der Waals surface area contributed by atoms with Crippen molar-refractivity contribution in [2.75, 3.05) is 0 Å². The number of rotatable bonds is 1. The molecule has 0 amide bonds. The second-order valence-electron chi connectivity index (χ2n) is 3.57. The molecule has 0 fully saturated rings. The van der Waals surface area contributed by atoms with Crippen LogP contribution in [0, 0.1) is 6.92 Å². The molecule has 0 saturated heterocycles. The van der Waals surface area contributed by atoms with Crippen LogP contribution in [0.3, 0.4) is 0 Å². The number of para-hydroxylation sites is 2. The van der Waals surface area contributed by atoms with Gasteiger partial charge in [-0.2, -0.15) is 4.98 Å². The molecule has 0 aliphatic rings. The number of benzene rings is 1. The minimum absolute atomic E-state index is 0.167. The summed E-state index contributed by atoms with van der Waals surface area (Å²) in [5.74, 6) is 0.601. The number of aromatic amines is 1. The van der Waals surface area contributed by atoms with Gasteiger partial charge >= 0.3 is 0 Å². The molecule has 0 atom stereocenters. The fraction of sp³-hybridized carbons (Fsp3) is 0.0909. The van der Waals surface area contributed by atoms with Gasteiger partial charge in [-0.1, -0.05) is 17.3 Å². The number of hydrogen-bond donors (Lipinski definition) is 1. The maximum absolute atomic E-state index is 11.8. The van der Waals surface area contributed by atoms with Gasteiger partial charge in [-0.05, 0) is 12.1 Å². The van der Waals surface area contributed by atoms with Crippen molar-refractivity contribution in [1.82, 2.24) is 20.1 Å². The summed E-state index contributed by atoms with van der Waals surface area (Å²) in [4.78, 5) is 22.7. The molecule has 6 heteroatoms. The molecule has 0 spiro atoms. The van der Waals surface area contributed by atoms with E-state index in [0.717, 1.165) is 0 Å². The van der Waals surface area contributed by atoms with Gasteiger partial charge in [0.15, 0.2) is 5.69 Å². The van der Waals surface area contributed by atoms with E-state index >= 15 is 0 Å². The molecule has 0 aliphatic heterocycles. The third kappa shape index (κ3) is 1.59. The summed E-state index contributed by atoms with van der Waals surface area (Å²) in [5, 5.41) is 3.69. The van der Waals surface area contributed by atoms with E-state index in [1.807, 2.05) is 18.2 Å². The van der Waals surface area contributed by atoms with E-state index in [0.29, 0.717) is 16.9 Å². The molecule has 3 aromatic rings. The van der Waals surface area contributed by atoms with E-state index in [4.69, 9.17) is 4.52 Å². The summed E-state index contributed by atoms with van der Waals surface area (Å²) < 4.78 is 4.83. The standard InChI is InChI=1S/C11H8N4O2/c1-6-12-10(15-17-6)9-11(16)14-8-5-3-2-4-7(8)13-9/h2-5H,1H3,(H,14,16). The third-order valence-electron chi connectivity index (χ3n) is 2.34. The fourth-order valence-corrected chi connectivity index (χ4v) is 1.58. The smallest absolute Gasteiger partial charge is 0.278 e. The van der Waals surface area contributed by atoms with Crippen molar-refractivity contribution in [1.29, 1.82) is 0 Å². The van der Waals surface area contributed by atoms with Gasteiger partial charge in [0.2, 0.25) is 11.7 Å². The van der Waals surface area contributed by atoms with Crippen molar-refractivity contribution in [3.8, 4) is 11.5 Å². The summed E-state index contributed by atoms with van der Waals surface area (Å²) in [6.45, 7) is 1.66. The highest BCUT2D eigenvalue weighted by molar-refractivity contribution is 5.75. The van der Waals surface area contributed by atoms with Gasteiger partial charge in [0.1, 0.15) is 0 Å². The average molecular weight is 228 g/mol. The Bertz CT molecular complexity index is 744. The largest absolute Gasteiger partial charge is 0.339 e. The van der Waals surface area contributed by atoms with Crippen molar-refractivity contribution in [2.24, 2.45) is 0 Å². The van der Waals surface area contributed by atoms with Crippen LogP contribution < -0.4 is 5.56 Å². The van der Waals surface area contributed by atoms with Crippen molar-refractivity contribution in [3.63, 3.8) is 0 Å². The molecule has 1 aromatic carbocycles. The van der Waals surface area contributed by atoms with Gasteiger partial charge in [0, 0.05) is 6.92 Å². The second-order valence-corrected chi connectivity index (χ2v) is 3.57. The summed E-state index contributed by atoms with van der Waals surface area (Å²) in [6.07, 6.45) is 0. The minimum Gasteiger partial charge on any atom is -0.339 e. The molecule has 2 heterocycles. The first kappa shape index (κ1) is 9.71. The first-order valence-electron chi connectivity index (χ1n) is 5.04. The van der Waals surface area contributed by atoms with Crippen LogP contribution in [0.25, 0.3) is 22.6 Å². The molecule has 84 valence electrons. The molecule has 0 unspecified atom stereocenters. The number of nitrogens with one attached hydrogen (secondary N) is 1. The van der Waals surface area contributed by atoms with E-state index in [2.05, 4.69) is 20.1 Å². The normalized spacial score (nSPS) is 10.9.